The largest absolute Gasteiger partial charge is 0.489 e. The van der Waals surface area contributed by atoms with Crippen molar-refractivity contribution in [2.75, 3.05) is 0 Å². The van der Waals surface area contributed by atoms with E-state index >= 15 is 0 Å². The van der Waals surface area contributed by atoms with Crippen molar-refractivity contribution in [1.29, 1.82) is 0 Å². The van der Waals surface area contributed by atoms with Crippen LogP contribution in [0.15, 0.2) is 91.1 Å². The van der Waals surface area contributed by atoms with Gasteiger partial charge in [0.05, 0.1) is 28.5 Å². The first-order valence-electron chi connectivity index (χ1n) is 12.0. The summed E-state index contributed by atoms with van der Waals surface area (Å²) in [5, 5.41) is 1.11. The van der Waals surface area contributed by atoms with Gasteiger partial charge in [-0.1, -0.05) is 59.6 Å². The van der Waals surface area contributed by atoms with E-state index in [1.807, 2.05) is 72.8 Å². The number of rotatable bonds is 11. The second kappa shape index (κ2) is 11.8. The lowest BCUT2D eigenvalue weighted by Crippen LogP contribution is -2.07. The molecule has 1 fully saturated rings. The Labute approximate surface area is 221 Å². The molecule has 0 radical (unpaired) electrons. The topological polar surface area (TPSA) is 40.6 Å². The molecule has 184 valence electrons. The lowest BCUT2D eigenvalue weighted by Gasteiger charge is -2.19. The summed E-state index contributed by atoms with van der Waals surface area (Å²) in [6.45, 7) is 1.43. The van der Waals surface area contributed by atoms with Crippen LogP contribution in [0.3, 0.4) is 0 Å². The summed E-state index contributed by atoms with van der Waals surface area (Å²) in [5.41, 5.74) is 4.16. The van der Waals surface area contributed by atoms with E-state index in [0.29, 0.717) is 35.8 Å². The summed E-state index contributed by atoms with van der Waals surface area (Å²) in [4.78, 5) is 4.27. The summed E-state index contributed by atoms with van der Waals surface area (Å²) >= 11 is 12.2. The molecule has 3 aromatic carbocycles. The maximum atomic E-state index is 6.30. The predicted octanol–water partition coefficient (Wildman–Crippen LogP) is 8.21. The van der Waals surface area contributed by atoms with Crippen LogP contribution in [0, 0.1) is 5.92 Å². The van der Waals surface area contributed by atoms with Crippen LogP contribution in [0.2, 0.25) is 10.0 Å². The molecule has 1 heterocycles. The van der Waals surface area contributed by atoms with Gasteiger partial charge < -0.3 is 14.2 Å². The van der Waals surface area contributed by atoms with Gasteiger partial charge in [0.15, 0.2) is 0 Å². The monoisotopic (exact) mass is 519 g/mol. The van der Waals surface area contributed by atoms with Crippen LogP contribution < -0.4 is 9.47 Å². The van der Waals surface area contributed by atoms with Crippen LogP contribution in [0.1, 0.15) is 41.3 Å². The van der Waals surface area contributed by atoms with Gasteiger partial charge in [0.1, 0.15) is 24.7 Å². The molecule has 1 atom stereocenters. The van der Waals surface area contributed by atoms with E-state index in [-0.39, 0.29) is 6.10 Å². The Balaban J connectivity index is 1.12. The smallest absolute Gasteiger partial charge is 0.130 e. The fraction of sp³-hybridized carbons (Fsp3) is 0.233. The van der Waals surface area contributed by atoms with Crippen molar-refractivity contribution in [3.63, 3.8) is 0 Å². The van der Waals surface area contributed by atoms with Crippen LogP contribution in [-0.2, 0) is 24.6 Å². The van der Waals surface area contributed by atoms with E-state index in [0.717, 1.165) is 28.3 Å². The minimum Gasteiger partial charge on any atom is -0.489 e. The lowest BCUT2D eigenvalue weighted by molar-refractivity contribution is 0.0245. The summed E-state index contributed by atoms with van der Waals surface area (Å²) < 4.78 is 18.1. The molecular formula is C30H27Cl2NO3. The Kier molecular flexibility index (Phi) is 8.07. The molecule has 0 saturated heterocycles. The fourth-order valence-electron chi connectivity index (χ4n) is 3.96. The van der Waals surface area contributed by atoms with Gasteiger partial charge in [0, 0.05) is 6.20 Å². The van der Waals surface area contributed by atoms with E-state index in [2.05, 4.69) is 17.1 Å². The van der Waals surface area contributed by atoms with E-state index in [1.165, 1.54) is 18.4 Å². The number of aromatic nitrogens is 1. The van der Waals surface area contributed by atoms with Gasteiger partial charge in [0.2, 0.25) is 0 Å². The molecule has 1 aliphatic carbocycles. The fourth-order valence-corrected chi connectivity index (χ4v) is 4.28. The zero-order valence-corrected chi connectivity index (χ0v) is 21.3. The number of hydrogen-bond donors (Lipinski definition) is 0. The Morgan fingerprint density at radius 2 is 1.42 bits per heavy atom. The predicted molar refractivity (Wildman–Crippen MR) is 143 cm³/mol. The number of pyridine rings is 1. The first-order valence-corrected chi connectivity index (χ1v) is 12.8. The molecule has 5 rings (SSSR count). The van der Waals surface area contributed by atoms with Crippen molar-refractivity contribution in [1.82, 2.24) is 4.98 Å². The number of halogens is 2. The molecule has 1 unspecified atom stereocenters. The van der Waals surface area contributed by atoms with Crippen molar-refractivity contribution in [3.05, 3.63) is 124 Å². The third-order valence-electron chi connectivity index (χ3n) is 6.11. The SMILES string of the molecule is Clc1ccc(COC(c2ccc(OCc3ccc(OCc4ccccn4)cc3)cc2)C2CC2)cc1Cl. The van der Waals surface area contributed by atoms with E-state index in [1.54, 1.807) is 6.20 Å². The third-order valence-corrected chi connectivity index (χ3v) is 6.85. The quantitative estimate of drug-likeness (QED) is 0.200. The molecular weight excluding hydrogens is 493 g/mol. The number of nitrogens with zero attached hydrogens (tertiary/aromatic N) is 1. The molecule has 4 nitrogen and oxygen atoms in total. The van der Waals surface area contributed by atoms with Crippen LogP contribution >= 0.6 is 23.2 Å². The summed E-state index contributed by atoms with van der Waals surface area (Å²) in [6, 6.07) is 27.6. The van der Waals surface area contributed by atoms with Crippen molar-refractivity contribution in [2.45, 2.75) is 38.8 Å². The normalized spacial score (nSPS) is 13.8. The minimum atomic E-state index is 0.0622. The Hall–Kier alpha value is -3.05. The van der Waals surface area contributed by atoms with Crippen LogP contribution in [0.4, 0.5) is 0 Å². The third kappa shape index (κ3) is 6.79. The van der Waals surface area contributed by atoms with Gasteiger partial charge >= 0.3 is 0 Å². The highest BCUT2D eigenvalue weighted by Crippen LogP contribution is 2.44. The zero-order chi connectivity index (χ0) is 24.7. The maximum absolute atomic E-state index is 6.30. The molecule has 1 aromatic heterocycles. The zero-order valence-electron chi connectivity index (χ0n) is 19.8. The number of ether oxygens (including phenoxy) is 3. The summed E-state index contributed by atoms with van der Waals surface area (Å²) in [6.07, 6.45) is 4.20. The average molecular weight is 520 g/mol. The van der Waals surface area contributed by atoms with E-state index in [4.69, 9.17) is 37.4 Å². The highest BCUT2D eigenvalue weighted by atomic mass is 35.5. The van der Waals surface area contributed by atoms with E-state index < -0.39 is 0 Å². The second-order valence-electron chi connectivity index (χ2n) is 8.93. The van der Waals surface area contributed by atoms with E-state index in [9.17, 15) is 0 Å². The van der Waals surface area contributed by atoms with Crippen molar-refractivity contribution in [3.8, 4) is 11.5 Å². The van der Waals surface area contributed by atoms with Crippen molar-refractivity contribution in [2.24, 2.45) is 5.92 Å². The van der Waals surface area contributed by atoms with Crippen LogP contribution in [-0.4, -0.2) is 4.98 Å². The summed E-state index contributed by atoms with van der Waals surface area (Å²) in [5.74, 6) is 2.19. The molecule has 0 spiro atoms. The van der Waals surface area contributed by atoms with Gasteiger partial charge in [-0.05, 0) is 84.0 Å². The van der Waals surface area contributed by atoms with Gasteiger partial charge in [-0.25, -0.2) is 0 Å². The first-order chi connectivity index (χ1) is 17.6. The Morgan fingerprint density at radius 3 is 2.08 bits per heavy atom. The Morgan fingerprint density at radius 1 is 0.722 bits per heavy atom. The number of hydrogen-bond acceptors (Lipinski definition) is 4. The van der Waals surface area contributed by atoms with Gasteiger partial charge in [-0.15, -0.1) is 0 Å². The van der Waals surface area contributed by atoms with Gasteiger partial charge in [0.25, 0.3) is 0 Å². The molecule has 0 N–H and O–H groups in total. The van der Waals surface area contributed by atoms with Crippen molar-refractivity contribution < 1.29 is 14.2 Å². The highest BCUT2D eigenvalue weighted by molar-refractivity contribution is 6.42. The second-order valence-corrected chi connectivity index (χ2v) is 9.74. The standard InChI is InChI=1S/C30H27Cl2NO3/c31-28-15-6-22(17-29(28)32)19-36-30(23-7-8-23)24-9-13-27(14-10-24)34-18-21-4-11-26(12-5-21)35-20-25-3-1-2-16-33-25/h1-6,9-17,23,30H,7-8,18-20H2. The molecule has 0 amide bonds. The average Bonchev–Trinajstić information content (AvgIpc) is 3.76. The first kappa shape index (κ1) is 24.6. The molecule has 36 heavy (non-hydrogen) atoms. The molecule has 6 heteroatoms. The lowest BCUT2D eigenvalue weighted by atomic mass is 10.0. The molecule has 1 aliphatic rings. The maximum Gasteiger partial charge on any atom is 0.130 e. The molecule has 0 aliphatic heterocycles. The molecule has 1 saturated carbocycles. The Bertz CT molecular complexity index is 1260. The highest BCUT2D eigenvalue weighted by Gasteiger charge is 2.33. The minimum absolute atomic E-state index is 0.0622. The van der Waals surface area contributed by atoms with Crippen LogP contribution in [0.25, 0.3) is 0 Å². The number of benzene rings is 3. The van der Waals surface area contributed by atoms with Gasteiger partial charge in [-0.2, -0.15) is 0 Å². The van der Waals surface area contributed by atoms with Crippen LogP contribution in [0.5, 0.6) is 11.5 Å². The molecule has 4 aromatic rings. The summed E-state index contributed by atoms with van der Waals surface area (Å²) in [7, 11) is 0. The molecule has 0 bridgehead atoms. The van der Waals surface area contributed by atoms with Crippen molar-refractivity contribution >= 4 is 23.2 Å². The van der Waals surface area contributed by atoms with Gasteiger partial charge in [-0.3, -0.25) is 4.98 Å².